The second-order valence-corrected chi connectivity index (χ2v) is 8.91. The van der Waals surface area contributed by atoms with E-state index in [0.717, 1.165) is 38.3 Å². The fourth-order valence-electron chi connectivity index (χ4n) is 4.39. The first-order chi connectivity index (χ1) is 13.9. The van der Waals surface area contributed by atoms with E-state index in [4.69, 9.17) is 0 Å². The number of nitrogens with one attached hydrogen (secondary N) is 2. The minimum Gasteiger partial charge on any atom is -0.352 e. The number of amides is 2. The van der Waals surface area contributed by atoms with Crippen molar-refractivity contribution in [2.24, 2.45) is 11.8 Å². The molecule has 1 aliphatic carbocycles. The van der Waals surface area contributed by atoms with Crippen LogP contribution >= 0.6 is 0 Å². The lowest BCUT2D eigenvalue weighted by atomic mass is 9.78. The van der Waals surface area contributed by atoms with Gasteiger partial charge in [-0.05, 0) is 37.3 Å². The number of piperazine rings is 1. The van der Waals surface area contributed by atoms with Crippen molar-refractivity contribution in [2.75, 3.05) is 44.6 Å². The standard InChI is InChI=1S/C23H36N4O2/c1-17-7-9-20(10-8-17)24-22(28)15-26-11-13-27(14-12-26)16-23(29)25-21-6-4-5-18(2)19(21)3/h7-10,18-19,21H,4-6,11-16H2,1-3H3,(H,24,28)(H,25,29)/t18-,19+,21-/m1/s1. The monoisotopic (exact) mass is 400 g/mol. The molecule has 2 amide bonds. The van der Waals surface area contributed by atoms with Gasteiger partial charge in [-0.3, -0.25) is 19.4 Å². The minimum absolute atomic E-state index is 0.0143. The van der Waals surface area contributed by atoms with Crippen molar-refractivity contribution in [3.05, 3.63) is 29.8 Å². The summed E-state index contributed by atoms with van der Waals surface area (Å²) in [5.74, 6) is 1.39. The summed E-state index contributed by atoms with van der Waals surface area (Å²) < 4.78 is 0. The lowest BCUT2D eigenvalue weighted by Gasteiger charge is -2.36. The van der Waals surface area contributed by atoms with Gasteiger partial charge in [0, 0.05) is 37.9 Å². The molecule has 0 spiro atoms. The highest BCUT2D eigenvalue weighted by Crippen LogP contribution is 2.29. The SMILES string of the molecule is Cc1ccc(NC(=O)CN2CCN(CC(=O)N[C@@H]3CCC[C@@H](C)[C@@H]3C)CC2)cc1. The Balaban J connectivity index is 1.36. The molecule has 2 fully saturated rings. The summed E-state index contributed by atoms with van der Waals surface area (Å²) in [5.41, 5.74) is 2.01. The van der Waals surface area contributed by atoms with Crippen molar-refractivity contribution in [2.45, 2.75) is 46.1 Å². The van der Waals surface area contributed by atoms with Crippen LogP contribution in [-0.2, 0) is 9.59 Å². The van der Waals surface area contributed by atoms with Crippen LogP contribution in [0.4, 0.5) is 5.69 Å². The molecule has 0 aromatic heterocycles. The molecule has 0 radical (unpaired) electrons. The quantitative estimate of drug-likeness (QED) is 0.770. The highest BCUT2D eigenvalue weighted by Gasteiger charge is 2.29. The van der Waals surface area contributed by atoms with Gasteiger partial charge in [0.05, 0.1) is 13.1 Å². The van der Waals surface area contributed by atoms with Gasteiger partial charge < -0.3 is 10.6 Å². The van der Waals surface area contributed by atoms with Crippen LogP contribution in [0.2, 0.25) is 0 Å². The molecule has 2 N–H and O–H groups in total. The summed E-state index contributed by atoms with van der Waals surface area (Å²) in [5, 5.41) is 6.22. The molecule has 0 bridgehead atoms. The van der Waals surface area contributed by atoms with E-state index in [1.165, 1.54) is 18.4 Å². The fraction of sp³-hybridized carbons (Fsp3) is 0.652. The number of benzene rings is 1. The maximum atomic E-state index is 12.5. The van der Waals surface area contributed by atoms with Crippen LogP contribution in [0.3, 0.4) is 0 Å². The normalized spacial score (nSPS) is 26.1. The average molecular weight is 401 g/mol. The molecule has 6 heteroatoms. The summed E-state index contributed by atoms with van der Waals surface area (Å²) >= 11 is 0. The summed E-state index contributed by atoms with van der Waals surface area (Å²) in [6, 6.07) is 8.16. The Morgan fingerprint density at radius 1 is 0.931 bits per heavy atom. The van der Waals surface area contributed by atoms with Crippen LogP contribution in [0.25, 0.3) is 0 Å². The summed E-state index contributed by atoms with van der Waals surface area (Å²) in [6.07, 6.45) is 3.58. The number of carbonyl (C=O) groups excluding carboxylic acids is 2. The third kappa shape index (κ3) is 6.54. The van der Waals surface area contributed by atoms with Gasteiger partial charge in [-0.1, -0.05) is 44.4 Å². The first-order valence-corrected chi connectivity index (χ1v) is 11.0. The number of rotatable bonds is 6. The maximum absolute atomic E-state index is 12.5. The molecule has 1 aromatic carbocycles. The van der Waals surface area contributed by atoms with Gasteiger partial charge in [-0.15, -0.1) is 0 Å². The molecule has 6 nitrogen and oxygen atoms in total. The largest absolute Gasteiger partial charge is 0.352 e. The van der Waals surface area contributed by atoms with Crippen LogP contribution in [0.15, 0.2) is 24.3 Å². The van der Waals surface area contributed by atoms with Crippen molar-refractivity contribution in [1.29, 1.82) is 0 Å². The Kier molecular flexibility index (Phi) is 7.67. The second kappa shape index (κ2) is 10.2. The van der Waals surface area contributed by atoms with Crippen LogP contribution < -0.4 is 10.6 Å². The van der Waals surface area contributed by atoms with E-state index in [9.17, 15) is 9.59 Å². The van der Waals surface area contributed by atoms with Gasteiger partial charge in [0.2, 0.25) is 11.8 Å². The molecule has 1 saturated carbocycles. The average Bonchev–Trinajstić information content (AvgIpc) is 2.69. The predicted octanol–water partition coefficient (Wildman–Crippen LogP) is 2.49. The molecule has 3 atom stereocenters. The zero-order valence-electron chi connectivity index (χ0n) is 18.1. The molecule has 3 rings (SSSR count). The van der Waals surface area contributed by atoms with Crippen LogP contribution in [0.5, 0.6) is 0 Å². The van der Waals surface area contributed by atoms with Crippen LogP contribution in [-0.4, -0.2) is 66.9 Å². The molecule has 1 saturated heterocycles. The van der Waals surface area contributed by atoms with Gasteiger partial charge in [-0.2, -0.15) is 0 Å². The maximum Gasteiger partial charge on any atom is 0.238 e. The first-order valence-electron chi connectivity index (χ1n) is 11.0. The molecular formula is C23H36N4O2. The highest BCUT2D eigenvalue weighted by atomic mass is 16.2. The zero-order valence-corrected chi connectivity index (χ0v) is 18.1. The minimum atomic E-state index is 0.0143. The summed E-state index contributed by atoms with van der Waals surface area (Å²) in [7, 11) is 0. The van der Waals surface area contributed by atoms with E-state index in [-0.39, 0.29) is 11.8 Å². The van der Waals surface area contributed by atoms with Gasteiger partial charge in [0.1, 0.15) is 0 Å². The molecule has 2 aliphatic rings. The van der Waals surface area contributed by atoms with Gasteiger partial charge >= 0.3 is 0 Å². The van der Waals surface area contributed by atoms with Crippen molar-refractivity contribution in [1.82, 2.24) is 15.1 Å². The lowest BCUT2D eigenvalue weighted by Crippen LogP contribution is -2.52. The molecule has 160 valence electrons. The smallest absolute Gasteiger partial charge is 0.238 e. The third-order valence-corrected chi connectivity index (χ3v) is 6.59. The van der Waals surface area contributed by atoms with Crippen LogP contribution in [0, 0.1) is 18.8 Å². The van der Waals surface area contributed by atoms with Gasteiger partial charge in [-0.25, -0.2) is 0 Å². The van der Waals surface area contributed by atoms with E-state index >= 15 is 0 Å². The van der Waals surface area contributed by atoms with Crippen LogP contribution in [0.1, 0.15) is 38.7 Å². The number of carbonyl (C=O) groups is 2. The lowest BCUT2D eigenvalue weighted by molar-refractivity contribution is -0.124. The van der Waals surface area contributed by atoms with Gasteiger partial charge in [0.15, 0.2) is 0 Å². The Morgan fingerprint density at radius 2 is 1.52 bits per heavy atom. The topological polar surface area (TPSA) is 64.7 Å². The molecule has 1 heterocycles. The van der Waals surface area contributed by atoms with Crippen molar-refractivity contribution in [3.63, 3.8) is 0 Å². The summed E-state index contributed by atoms with van der Waals surface area (Å²) in [6.45, 7) is 10.7. The Hall–Kier alpha value is -1.92. The second-order valence-electron chi connectivity index (χ2n) is 8.91. The van der Waals surface area contributed by atoms with Crippen molar-refractivity contribution in [3.8, 4) is 0 Å². The number of hydrogen-bond acceptors (Lipinski definition) is 4. The predicted molar refractivity (Wildman–Crippen MR) is 117 cm³/mol. The highest BCUT2D eigenvalue weighted by molar-refractivity contribution is 5.92. The van der Waals surface area contributed by atoms with E-state index in [2.05, 4.69) is 34.3 Å². The molecule has 29 heavy (non-hydrogen) atoms. The van der Waals surface area contributed by atoms with E-state index in [1.807, 2.05) is 31.2 Å². The molecular weight excluding hydrogens is 364 g/mol. The van der Waals surface area contributed by atoms with Gasteiger partial charge in [0.25, 0.3) is 0 Å². The number of aryl methyl sites for hydroxylation is 1. The number of nitrogens with zero attached hydrogens (tertiary/aromatic N) is 2. The molecule has 1 aromatic rings. The molecule has 0 unspecified atom stereocenters. The summed E-state index contributed by atoms with van der Waals surface area (Å²) in [4.78, 5) is 29.1. The number of hydrogen-bond donors (Lipinski definition) is 2. The van der Waals surface area contributed by atoms with Crippen molar-refractivity contribution >= 4 is 17.5 Å². The number of anilines is 1. The molecule has 1 aliphatic heterocycles. The fourth-order valence-corrected chi connectivity index (χ4v) is 4.39. The Morgan fingerprint density at radius 3 is 2.14 bits per heavy atom. The first kappa shape index (κ1) is 21.8. The van der Waals surface area contributed by atoms with E-state index in [1.54, 1.807) is 0 Å². The van der Waals surface area contributed by atoms with Crippen molar-refractivity contribution < 1.29 is 9.59 Å². The Labute approximate surface area is 175 Å². The van der Waals surface area contributed by atoms with E-state index < -0.39 is 0 Å². The van der Waals surface area contributed by atoms with E-state index in [0.29, 0.717) is 31.0 Å². The Bertz CT molecular complexity index is 683. The zero-order chi connectivity index (χ0) is 20.8. The third-order valence-electron chi connectivity index (χ3n) is 6.59.